The van der Waals surface area contributed by atoms with Crippen LogP contribution in [0.25, 0.3) is 0 Å². The van der Waals surface area contributed by atoms with Gasteiger partial charge in [0.05, 0.1) is 13.0 Å². The summed E-state index contributed by atoms with van der Waals surface area (Å²) in [5, 5.41) is 1.30. The third kappa shape index (κ3) is 4.68. The standard InChI is InChI=1S/C14H19Cl2NO2/c1-4-17(8-10(2)14(18)19-3)9-11-12(15)6-5-7-13(11)16/h5-7,10H,4,8-9H2,1-3H3. The number of hydrogen-bond acceptors (Lipinski definition) is 3. The van der Waals surface area contributed by atoms with Crippen LogP contribution in [0.4, 0.5) is 0 Å². The van der Waals surface area contributed by atoms with Crippen molar-refractivity contribution in [2.75, 3.05) is 20.2 Å². The van der Waals surface area contributed by atoms with Gasteiger partial charge in [0, 0.05) is 28.7 Å². The number of rotatable bonds is 6. The minimum atomic E-state index is -0.205. The van der Waals surface area contributed by atoms with E-state index in [0.717, 1.165) is 12.1 Å². The van der Waals surface area contributed by atoms with Crippen LogP contribution in [0.15, 0.2) is 18.2 Å². The minimum absolute atomic E-state index is 0.175. The Morgan fingerprint density at radius 3 is 2.42 bits per heavy atom. The van der Waals surface area contributed by atoms with Crippen LogP contribution in [0.1, 0.15) is 19.4 Å². The number of halogens is 2. The van der Waals surface area contributed by atoms with Gasteiger partial charge in [0.15, 0.2) is 0 Å². The summed E-state index contributed by atoms with van der Waals surface area (Å²) in [6.45, 7) is 5.93. The van der Waals surface area contributed by atoms with E-state index in [-0.39, 0.29) is 11.9 Å². The molecule has 0 amide bonds. The van der Waals surface area contributed by atoms with Gasteiger partial charge >= 0.3 is 5.97 Å². The first-order valence-electron chi connectivity index (χ1n) is 6.22. The SMILES string of the molecule is CCN(Cc1c(Cl)cccc1Cl)CC(C)C(=O)OC. The summed E-state index contributed by atoms with van der Waals surface area (Å²) in [4.78, 5) is 13.6. The molecule has 0 radical (unpaired) electrons. The van der Waals surface area contributed by atoms with Crippen molar-refractivity contribution in [2.24, 2.45) is 5.92 Å². The molecule has 1 aromatic carbocycles. The second kappa shape index (κ2) is 7.73. The third-order valence-electron chi connectivity index (χ3n) is 3.03. The summed E-state index contributed by atoms with van der Waals surface area (Å²) in [6.07, 6.45) is 0. The summed E-state index contributed by atoms with van der Waals surface area (Å²) in [7, 11) is 1.40. The lowest BCUT2D eigenvalue weighted by atomic mass is 10.1. The molecule has 106 valence electrons. The maximum atomic E-state index is 11.4. The Hall–Kier alpha value is -0.770. The molecule has 0 aromatic heterocycles. The van der Waals surface area contributed by atoms with Crippen LogP contribution in [0.2, 0.25) is 10.0 Å². The number of hydrogen-bond donors (Lipinski definition) is 0. The molecule has 1 rings (SSSR count). The minimum Gasteiger partial charge on any atom is -0.469 e. The van der Waals surface area contributed by atoms with Gasteiger partial charge in [-0.3, -0.25) is 9.69 Å². The molecule has 19 heavy (non-hydrogen) atoms. The van der Waals surface area contributed by atoms with E-state index in [1.165, 1.54) is 7.11 Å². The van der Waals surface area contributed by atoms with Crippen molar-refractivity contribution in [3.05, 3.63) is 33.8 Å². The van der Waals surface area contributed by atoms with E-state index < -0.39 is 0 Å². The molecule has 0 bridgehead atoms. The lowest BCUT2D eigenvalue weighted by molar-refractivity contribution is -0.145. The number of benzene rings is 1. The second-order valence-electron chi connectivity index (χ2n) is 4.45. The van der Waals surface area contributed by atoms with Crippen LogP contribution in [0, 0.1) is 5.92 Å². The van der Waals surface area contributed by atoms with Crippen LogP contribution in [0.3, 0.4) is 0 Å². The van der Waals surface area contributed by atoms with E-state index in [1.54, 1.807) is 0 Å². The van der Waals surface area contributed by atoms with Gasteiger partial charge in [-0.1, -0.05) is 43.1 Å². The lowest BCUT2D eigenvalue weighted by Crippen LogP contribution is -2.32. The molecule has 0 N–H and O–H groups in total. The van der Waals surface area contributed by atoms with E-state index in [0.29, 0.717) is 23.1 Å². The highest BCUT2D eigenvalue weighted by atomic mass is 35.5. The van der Waals surface area contributed by atoms with Gasteiger partial charge in [0.2, 0.25) is 0 Å². The van der Waals surface area contributed by atoms with Gasteiger partial charge in [-0.05, 0) is 18.7 Å². The molecule has 0 heterocycles. The molecule has 1 unspecified atom stereocenters. The predicted octanol–water partition coefficient (Wildman–Crippen LogP) is 3.62. The van der Waals surface area contributed by atoms with Crippen molar-refractivity contribution < 1.29 is 9.53 Å². The molecule has 0 aliphatic heterocycles. The van der Waals surface area contributed by atoms with Gasteiger partial charge in [0.1, 0.15) is 0 Å². The van der Waals surface area contributed by atoms with Crippen molar-refractivity contribution in [3.8, 4) is 0 Å². The summed E-state index contributed by atoms with van der Waals surface area (Å²) in [5.74, 6) is -0.380. The highest BCUT2D eigenvalue weighted by molar-refractivity contribution is 6.35. The molecular formula is C14H19Cl2NO2. The maximum Gasteiger partial charge on any atom is 0.309 e. The topological polar surface area (TPSA) is 29.5 Å². The highest BCUT2D eigenvalue weighted by Gasteiger charge is 2.18. The number of ether oxygens (including phenoxy) is 1. The zero-order chi connectivity index (χ0) is 14.4. The number of carbonyl (C=O) groups excluding carboxylic acids is 1. The zero-order valence-corrected chi connectivity index (χ0v) is 13.0. The van der Waals surface area contributed by atoms with E-state index >= 15 is 0 Å². The van der Waals surface area contributed by atoms with Crippen LogP contribution in [-0.2, 0) is 16.1 Å². The molecule has 0 aliphatic carbocycles. The van der Waals surface area contributed by atoms with Gasteiger partial charge in [-0.2, -0.15) is 0 Å². The third-order valence-corrected chi connectivity index (χ3v) is 3.73. The molecule has 5 heteroatoms. The molecule has 1 atom stereocenters. The van der Waals surface area contributed by atoms with Crippen LogP contribution < -0.4 is 0 Å². The average molecular weight is 304 g/mol. The predicted molar refractivity (Wildman–Crippen MR) is 78.6 cm³/mol. The molecule has 0 saturated carbocycles. The van der Waals surface area contributed by atoms with Crippen molar-refractivity contribution >= 4 is 29.2 Å². The fraction of sp³-hybridized carbons (Fsp3) is 0.500. The number of carbonyl (C=O) groups is 1. The number of esters is 1. The Morgan fingerprint density at radius 2 is 1.95 bits per heavy atom. The Labute approximate surface area is 124 Å². The Bertz CT molecular complexity index is 417. The summed E-state index contributed by atoms with van der Waals surface area (Å²) >= 11 is 12.3. The smallest absolute Gasteiger partial charge is 0.309 e. The van der Waals surface area contributed by atoms with Crippen LogP contribution in [0.5, 0.6) is 0 Å². The monoisotopic (exact) mass is 303 g/mol. The van der Waals surface area contributed by atoms with Crippen LogP contribution in [-0.4, -0.2) is 31.1 Å². The summed E-state index contributed by atoms with van der Waals surface area (Å²) in [5.41, 5.74) is 0.893. The van der Waals surface area contributed by atoms with E-state index in [4.69, 9.17) is 27.9 Å². The van der Waals surface area contributed by atoms with Gasteiger partial charge < -0.3 is 4.74 Å². The van der Waals surface area contributed by atoms with Crippen molar-refractivity contribution in [1.82, 2.24) is 4.90 Å². The fourth-order valence-corrected chi connectivity index (χ4v) is 2.39. The molecular weight excluding hydrogens is 285 g/mol. The Kier molecular flexibility index (Phi) is 6.63. The molecule has 1 aromatic rings. The average Bonchev–Trinajstić information content (AvgIpc) is 2.40. The van der Waals surface area contributed by atoms with E-state index in [1.807, 2.05) is 32.0 Å². The van der Waals surface area contributed by atoms with Gasteiger partial charge in [0.25, 0.3) is 0 Å². The Balaban J connectivity index is 2.74. The number of nitrogens with zero attached hydrogens (tertiary/aromatic N) is 1. The van der Waals surface area contributed by atoms with Crippen molar-refractivity contribution in [1.29, 1.82) is 0 Å². The fourth-order valence-electron chi connectivity index (χ4n) is 1.88. The largest absolute Gasteiger partial charge is 0.469 e. The van der Waals surface area contributed by atoms with Crippen LogP contribution >= 0.6 is 23.2 Å². The first-order chi connectivity index (χ1) is 8.99. The normalized spacial score (nSPS) is 12.5. The highest BCUT2D eigenvalue weighted by Crippen LogP contribution is 2.25. The summed E-state index contributed by atoms with van der Waals surface area (Å²) in [6, 6.07) is 5.46. The molecule has 0 fully saturated rings. The number of methoxy groups -OCH3 is 1. The lowest BCUT2D eigenvalue weighted by Gasteiger charge is -2.24. The van der Waals surface area contributed by atoms with E-state index in [9.17, 15) is 4.79 Å². The first kappa shape index (κ1) is 16.3. The summed E-state index contributed by atoms with van der Waals surface area (Å²) < 4.78 is 4.74. The van der Waals surface area contributed by atoms with Crippen molar-refractivity contribution in [2.45, 2.75) is 20.4 Å². The second-order valence-corrected chi connectivity index (χ2v) is 5.27. The van der Waals surface area contributed by atoms with Gasteiger partial charge in [-0.15, -0.1) is 0 Å². The molecule has 0 aliphatic rings. The Morgan fingerprint density at radius 1 is 1.37 bits per heavy atom. The quantitative estimate of drug-likeness (QED) is 0.752. The van der Waals surface area contributed by atoms with Crippen molar-refractivity contribution in [3.63, 3.8) is 0 Å². The molecule has 0 spiro atoms. The zero-order valence-electron chi connectivity index (χ0n) is 11.5. The first-order valence-corrected chi connectivity index (χ1v) is 6.98. The van der Waals surface area contributed by atoms with E-state index in [2.05, 4.69) is 4.90 Å². The molecule has 0 saturated heterocycles. The maximum absolute atomic E-state index is 11.4. The van der Waals surface area contributed by atoms with Gasteiger partial charge in [-0.25, -0.2) is 0 Å². The molecule has 3 nitrogen and oxygen atoms in total.